The molecule has 4 rings (SSSR count). The summed E-state index contributed by atoms with van der Waals surface area (Å²) in [6.07, 6.45) is 1.23. The van der Waals surface area contributed by atoms with Gasteiger partial charge in [0.25, 0.3) is 5.91 Å². The number of benzene rings is 1. The second kappa shape index (κ2) is 12.2. The number of nitrogens with zero attached hydrogens (tertiary/aromatic N) is 2. The molecule has 212 valence electrons. The molecular weight excluding hydrogens is 547 g/mol. The Hall–Kier alpha value is -3.06. The van der Waals surface area contributed by atoms with Crippen LogP contribution in [-0.2, 0) is 9.59 Å². The van der Waals surface area contributed by atoms with Gasteiger partial charge in [-0.15, -0.1) is 22.7 Å². The van der Waals surface area contributed by atoms with Crippen molar-refractivity contribution in [3.63, 3.8) is 0 Å². The van der Waals surface area contributed by atoms with E-state index in [9.17, 15) is 24.4 Å². The molecule has 3 atom stereocenters. The number of carbonyl (C=O) groups is 3. The van der Waals surface area contributed by atoms with Crippen LogP contribution in [0.2, 0.25) is 0 Å². The highest BCUT2D eigenvalue weighted by atomic mass is 32.1. The van der Waals surface area contributed by atoms with Gasteiger partial charge in [0.15, 0.2) is 0 Å². The summed E-state index contributed by atoms with van der Waals surface area (Å²) < 4.78 is 0.238. The van der Waals surface area contributed by atoms with Gasteiger partial charge >= 0.3 is 7.12 Å². The lowest BCUT2D eigenvalue weighted by molar-refractivity contribution is -0.142. The maximum Gasteiger partial charge on any atom is 0.499 e. The predicted molar refractivity (Wildman–Crippen MR) is 158 cm³/mol. The fourth-order valence-electron chi connectivity index (χ4n) is 4.83. The number of aromatic nitrogens is 1. The van der Waals surface area contributed by atoms with Crippen LogP contribution in [0, 0.1) is 12.3 Å². The van der Waals surface area contributed by atoms with E-state index in [4.69, 9.17) is 0 Å². The van der Waals surface area contributed by atoms with Crippen molar-refractivity contribution in [2.75, 3.05) is 6.54 Å². The minimum atomic E-state index is -1.67. The van der Waals surface area contributed by atoms with E-state index in [0.29, 0.717) is 19.4 Å². The Morgan fingerprint density at radius 2 is 1.80 bits per heavy atom. The molecule has 40 heavy (non-hydrogen) atoms. The second-order valence-electron chi connectivity index (χ2n) is 11.2. The van der Waals surface area contributed by atoms with Gasteiger partial charge in [0.2, 0.25) is 11.8 Å². The summed E-state index contributed by atoms with van der Waals surface area (Å²) in [4.78, 5) is 47.4. The molecule has 1 aromatic carbocycles. The lowest BCUT2D eigenvalue weighted by Gasteiger charge is -2.35. The molecule has 9 nitrogen and oxygen atoms in total. The molecule has 12 heteroatoms. The molecule has 4 N–H and O–H groups in total. The maximum atomic E-state index is 13.8. The smallest absolute Gasteiger partial charge is 0.423 e. The Labute approximate surface area is 242 Å². The molecule has 0 spiro atoms. The lowest BCUT2D eigenvalue weighted by Crippen LogP contribution is -2.57. The first-order valence-electron chi connectivity index (χ1n) is 13.2. The number of hydrogen-bond acceptors (Lipinski definition) is 8. The molecule has 3 heterocycles. The number of nitrogens with one attached hydrogen (secondary N) is 2. The summed E-state index contributed by atoms with van der Waals surface area (Å²) in [5, 5.41) is 24.6. The topological polar surface area (TPSA) is 132 Å². The average Bonchev–Trinajstić information content (AvgIpc) is 3.67. The largest absolute Gasteiger partial charge is 0.499 e. The lowest BCUT2D eigenvalue weighted by atomic mass is 9.85. The quantitative estimate of drug-likeness (QED) is 0.302. The Bertz CT molecular complexity index is 1370. The Morgan fingerprint density at radius 3 is 2.38 bits per heavy atom. The molecule has 1 saturated heterocycles. The van der Waals surface area contributed by atoms with Crippen LogP contribution in [0.5, 0.6) is 0 Å². The zero-order valence-corrected chi connectivity index (χ0v) is 24.9. The highest BCUT2D eigenvalue weighted by molar-refractivity contribution is 7.23. The molecule has 0 aliphatic carbocycles. The Balaban J connectivity index is 1.44. The van der Waals surface area contributed by atoms with Gasteiger partial charge in [0.05, 0.1) is 27.0 Å². The van der Waals surface area contributed by atoms with E-state index >= 15 is 0 Å². The van der Waals surface area contributed by atoms with Crippen molar-refractivity contribution in [2.45, 2.75) is 65.6 Å². The summed E-state index contributed by atoms with van der Waals surface area (Å²) in [5.41, 5.74) is 4.22. The van der Waals surface area contributed by atoms with E-state index in [2.05, 4.69) is 15.6 Å². The first-order valence-corrected chi connectivity index (χ1v) is 14.9. The van der Waals surface area contributed by atoms with E-state index in [1.165, 1.54) is 12.1 Å². The summed E-state index contributed by atoms with van der Waals surface area (Å²) in [6.45, 7) is 9.90. The maximum absolute atomic E-state index is 13.8. The van der Waals surface area contributed by atoms with Gasteiger partial charge in [0.1, 0.15) is 12.1 Å². The standard InChI is InChI=1S/C28H35BN4O5S2/c1-16(18-8-10-19(11-9-18)23-17(2)30-15-39-23)31-25(34)20-7-6-14-33(20)27(36)24(28(3,4)5)32-26(35)21-12-13-22(40-21)29(37)38/h8-13,15-16,20,24,37-38H,6-7,14H2,1-5H3,(H,31,34)(H,32,35)/t16-,20-,24?/m0/s1. The number of hydrogen-bond donors (Lipinski definition) is 4. The van der Waals surface area contributed by atoms with E-state index in [0.717, 1.165) is 33.0 Å². The van der Waals surface area contributed by atoms with Crippen LogP contribution >= 0.6 is 22.7 Å². The van der Waals surface area contributed by atoms with Crippen LogP contribution in [0.3, 0.4) is 0 Å². The monoisotopic (exact) mass is 582 g/mol. The SMILES string of the molecule is Cc1ncsc1-c1ccc([C@H](C)NC(=O)[C@@H]2CCCN2C(=O)C(NC(=O)c2ccc(B(O)O)s2)C(C)(C)C)cc1. The number of amides is 3. The Morgan fingerprint density at radius 1 is 1.10 bits per heavy atom. The molecule has 3 aromatic rings. The van der Waals surface area contributed by atoms with Crippen LogP contribution in [0.1, 0.15) is 67.5 Å². The zero-order chi connectivity index (χ0) is 29.2. The Kier molecular flexibility index (Phi) is 9.14. The number of thiophene rings is 1. The van der Waals surface area contributed by atoms with Crippen LogP contribution < -0.4 is 15.4 Å². The number of thiazole rings is 1. The normalized spacial score (nSPS) is 16.9. The van der Waals surface area contributed by atoms with E-state index in [1.807, 2.05) is 64.4 Å². The number of carbonyl (C=O) groups excluding carboxylic acids is 3. The number of aryl methyl sites for hydroxylation is 1. The molecule has 1 fully saturated rings. The van der Waals surface area contributed by atoms with E-state index in [-0.39, 0.29) is 27.5 Å². The molecule has 2 aromatic heterocycles. The molecule has 0 saturated carbocycles. The van der Waals surface area contributed by atoms with Crippen LogP contribution in [0.15, 0.2) is 41.9 Å². The van der Waals surface area contributed by atoms with Crippen molar-refractivity contribution in [1.82, 2.24) is 20.5 Å². The van der Waals surface area contributed by atoms with Gasteiger partial charge in [-0.05, 0) is 49.3 Å². The highest BCUT2D eigenvalue weighted by Crippen LogP contribution is 2.29. The van der Waals surface area contributed by atoms with Gasteiger partial charge < -0.3 is 25.6 Å². The van der Waals surface area contributed by atoms with Gasteiger partial charge in [0, 0.05) is 11.3 Å². The van der Waals surface area contributed by atoms with Gasteiger partial charge in [-0.1, -0.05) is 51.1 Å². The third kappa shape index (κ3) is 6.63. The van der Waals surface area contributed by atoms with Crippen LogP contribution in [0.4, 0.5) is 0 Å². The summed E-state index contributed by atoms with van der Waals surface area (Å²) in [7, 11) is -1.67. The van der Waals surface area contributed by atoms with Crippen molar-refractivity contribution < 1.29 is 24.4 Å². The van der Waals surface area contributed by atoms with Gasteiger partial charge in [-0.25, -0.2) is 4.98 Å². The highest BCUT2D eigenvalue weighted by Gasteiger charge is 2.42. The summed E-state index contributed by atoms with van der Waals surface area (Å²) >= 11 is 2.54. The first-order chi connectivity index (χ1) is 18.9. The second-order valence-corrected chi connectivity index (χ2v) is 13.1. The fraction of sp³-hybridized carbons (Fsp3) is 0.429. The van der Waals surface area contributed by atoms with Crippen molar-refractivity contribution in [2.24, 2.45) is 5.41 Å². The fourth-order valence-corrected chi connectivity index (χ4v) is 6.42. The predicted octanol–water partition coefficient (Wildman–Crippen LogP) is 2.87. The number of likely N-dealkylation sites (tertiary alicyclic amines) is 1. The molecular formula is C28H35BN4O5S2. The summed E-state index contributed by atoms with van der Waals surface area (Å²) in [6, 6.07) is 9.24. The molecule has 3 amide bonds. The average molecular weight is 583 g/mol. The molecule has 1 unspecified atom stereocenters. The molecule has 0 bridgehead atoms. The molecule has 1 aliphatic heterocycles. The molecule has 0 radical (unpaired) electrons. The minimum Gasteiger partial charge on any atom is -0.423 e. The van der Waals surface area contributed by atoms with Crippen LogP contribution in [0.25, 0.3) is 10.4 Å². The van der Waals surface area contributed by atoms with Gasteiger partial charge in [-0.2, -0.15) is 0 Å². The van der Waals surface area contributed by atoms with E-state index < -0.39 is 30.5 Å². The van der Waals surface area contributed by atoms with Crippen LogP contribution in [-0.4, -0.2) is 63.4 Å². The molecule has 1 aliphatic rings. The minimum absolute atomic E-state index is 0.223. The third-order valence-electron chi connectivity index (χ3n) is 7.11. The van der Waals surface area contributed by atoms with Crippen molar-refractivity contribution in [1.29, 1.82) is 0 Å². The van der Waals surface area contributed by atoms with Crippen molar-refractivity contribution in [3.8, 4) is 10.4 Å². The number of rotatable bonds is 8. The van der Waals surface area contributed by atoms with E-state index in [1.54, 1.807) is 16.2 Å². The first kappa shape index (κ1) is 29.9. The zero-order valence-electron chi connectivity index (χ0n) is 23.3. The summed E-state index contributed by atoms with van der Waals surface area (Å²) in [5.74, 6) is -1.01. The third-order valence-corrected chi connectivity index (χ3v) is 9.21. The van der Waals surface area contributed by atoms with Crippen molar-refractivity contribution >= 4 is 52.3 Å². The van der Waals surface area contributed by atoms with Gasteiger partial charge in [-0.3, -0.25) is 14.4 Å². The van der Waals surface area contributed by atoms with Crippen molar-refractivity contribution in [3.05, 3.63) is 58.0 Å².